The molecule has 3 rings (SSSR count). The highest BCUT2D eigenvalue weighted by atomic mass is 32.2. The van der Waals surface area contributed by atoms with Crippen molar-refractivity contribution < 1.29 is 17.9 Å². The van der Waals surface area contributed by atoms with Crippen LogP contribution in [-0.4, -0.2) is 37.7 Å². The lowest BCUT2D eigenvalue weighted by Crippen LogP contribution is -2.34. The fourth-order valence-corrected chi connectivity index (χ4v) is 4.00. The van der Waals surface area contributed by atoms with Gasteiger partial charge in [-0.25, -0.2) is 8.42 Å². The number of sulfonamides is 1. The first-order valence-electron chi connectivity index (χ1n) is 9.41. The molecule has 1 heterocycles. The Labute approximate surface area is 170 Å². The lowest BCUT2D eigenvalue weighted by Gasteiger charge is -2.11. The number of nitrogens with one attached hydrogen (secondary N) is 3. The monoisotopic (exact) mass is 415 g/mol. The van der Waals surface area contributed by atoms with Crippen LogP contribution in [0, 0.1) is 0 Å². The van der Waals surface area contributed by atoms with Gasteiger partial charge in [-0.05, 0) is 56.2 Å². The summed E-state index contributed by atoms with van der Waals surface area (Å²) < 4.78 is 32.4. The average Bonchev–Trinajstić information content (AvgIpc) is 3.05. The third kappa shape index (κ3) is 5.99. The molecule has 0 spiro atoms. The first kappa shape index (κ1) is 20.7. The van der Waals surface area contributed by atoms with Gasteiger partial charge in [-0.3, -0.25) is 9.52 Å². The minimum absolute atomic E-state index is 0.0329. The number of hydrogen-bond donors (Lipinski definition) is 3. The third-order valence-corrected chi connectivity index (χ3v) is 5.40. The first-order valence-corrected chi connectivity index (χ1v) is 11.1. The van der Waals surface area contributed by atoms with E-state index < -0.39 is 21.7 Å². The predicted molar refractivity (Wildman–Crippen MR) is 115 cm³/mol. The molecule has 0 atom stereocenters. The van der Waals surface area contributed by atoms with Crippen LogP contribution in [0.1, 0.15) is 19.4 Å². The highest BCUT2D eigenvalue weighted by Crippen LogP contribution is 2.19. The van der Waals surface area contributed by atoms with Gasteiger partial charge in [0.05, 0.1) is 6.10 Å². The van der Waals surface area contributed by atoms with Crippen molar-refractivity contribution in [3.8, 4) is 5.75 Å². The normalized spacial score (nSPS) is 11.6. The van der Waals surface area contributed by atoms with Gasteiger partial charge < -0.3 is 15.0 Å². The van der Waals surface area contributed by atoms with Gasteiger partial charge in [0.1, 0.15) is 11.5 Å². The smallest absolute Gasteiger partial charge is 0.241 e. The van der Waals surface area contributed by atoms with E-state index in [0.717, 1.165) is 16.5 Å². The number of benzene rings is 2. The molecular formula is C21H25N3O4S. The van der Waals surface area contributed by atoms with Crippen molar-refractivity contribution in [1.82, 2.24) is 10.3 Å². The van der Waals surface area contributed by atoms with Gasteiger partial charge in [-0.2, -0.15) is 0 Å². The summed E-state index contributed by atoms with van der Waals surface area (Å²) in [6.45, 7) is 4.18. The number of carbonyl (C=O) groups excluding carboxylic acids is 1. The molecular weight excluding hydrogens is 390 g/mol. The van der Waals surface area contributed by atoms with E-state index in [0.29, 0.717) is 24.4 Å². The number of aromatic nitrogens is 1. The second-order valence-corrected chi connectivity index (χ2v) is 8.73. The summed E-state index contributed by atoms with van der Waals surface area (Å²) in [5.74, 6) is -0.527. The molecule has 3 aromatic rings. The Balaban J connectivity index is 1.48. The Morgan fingerprint density at radius 3 is 2.55 bits per heavy atom. The molecule has 1 aromatic heterocycles. The predicted octanol–water partition coefficient (Wildman–Crippen LogP) is 3.06. The fraction of sp³-hybridized carbons (Fsp3) is 0.286. The number of rotatable bonds is 9. The Hall–Kier alpha value is -3.00. The minimum Gasteiger partial charge on any atom is -0.491 e. The molecule has 0 unspecified atom stereocenters. The largest absolute Gasteiger partial charge is 0.491 e. The van der Waals surface area contributed by atoms with Gasteiger partial charge in [0, 0.05) is 29.3 Å². The zero-order valence-corrected chi connectivity index (χ0v) is 17.3. The molecule has 0 aliphatic rings. The number of anilines is 1. The second kappa shape index (κ2) is 9.00. The van der Waals surface area contributed by atoms with Crippen LogP contribution >= 0.6 is 0 Å². The summed E-state index contributed by atoms with van der Waals surface area (Å²) in [5, 5.41) is 3.76. The van der Waals surface area contributed by atoms with E-state index in [2.05, 4.69) is 15.0 Å². The summed E-state index contributed by atoms with van der Waals surface area (Å²) in [5.41, 5.74) is 2.49. The maximum Gasteiger partial charge on any atom is 0.241 e. The summed E-state index contributed by atoms with van der Waals surface area (Å²) in [7, 11) is -3.80. The molecule has 0 aliphatic heterocycles. The summed E-state index contributed by atoms with van der Waals surface area (Å²) in [4.78, 5) is 15.2. The van der Waals surface area contributed by atoms with E-state index in [-0.39, 0.29) is 6.10 Å². The minimum atomic E-state index is -3.80. The van der Waals surface area contributed by atoms with Crippen molar-refractivity contribution in [3.05, 3.63) is 60.3 Å². The zero-order valence-electron chi connectivity index (χ0n) is 16.4. The van der Waals surface area contributed by atoms with E-state index in [9.17, 15) is 13.2 Å². The third-order valence-electron chi connectivity index (χ3n) is 4.21. The fourth-order valence-electron chi connectivity index (χ4n) is 2.99. The molecule has 8 heteroatoms. The molecule has 0 bridgehead atoms. The van der Waals surface area contributed by atoms with Crippen molar-refractivity contribution in [2.45, 2.75) is 26.4 Å². The molecule has 2 aromatic carbocycles. The lowest BCUT2D eigenvalue weighted by atomic mass is 10.1. The van der Waals surface area contributed by atoms with E-state index >= 15 is 0 Å². The number of aromatic amines is 1. The van der Waals surface area contributed by atoms with Crippen LogP contribution in [0.25, 0.3) is 10.9 Å². The first-order chi connectivity index (χ1) is 13.8. The number of H-pyrrole nitrogens is 1. The van der Waals surface area contributed by atoms with Crippen LogP contribution in [0.4, 0.5) is 5.69 Å². The number of fused-ring (bicyclic) bond motifs is 1. The molecule has 154 valence electrons. The SMILES string of the molecule is CC(C)Oc1ccc(NS(=O)(=O)CC(=O)NCCc2c[nH]c3ccccc23)cc1. The topological polar surface area (TPSA) is 100 Å². The van der Waals surface area contributed by atoms with E-state index in [4.69, 9.17) is 4.74 Å². The molecule has 3 N–H and O–H groups in total. The summed E-state index contributed by atoms with van der Waals surface area (Å²) >= 11 is 0. The van der Waals surface area contributed by atoms with Gasteiger partial charge in [0.25, 0.3) is 0 Å². The lowest BCUT2D eigenvalue weighted by molar-refractivity contribution is -0.118. The number of carbonyl (C=O) groups is 1. The molecule has 0 fully saturated rings. The number of amides is 1. The molecule has 7 nitrogen and oxygen atoms in total. The van der Waals surface area contributed by atoms with Crippen molar-refractivity contribution in [3.63, 3.8) is 0 Å². The Bertz CT molecular complexity index is 1070. The van der Waals surface area contributed by atoms with Crippen LogP contribution in [0.2, 0.25) is 0 Å². The van der Waals surface area contributed by atoms with Gasteiger partial charge >= 0.3 is 0 Å². The second-order valence-electron chi connectivity index (χ2n) is 7.01. The molecule has 0 aliphatic carbocycles. The molecule has 1 amide bonds. The highest BCUT2D eigenvalue weighted by Gasteiger charge is 2.16. The molecule has 0 saturated heterocycles. The van der Waals surface area contributed by atoms with Crippen LogP contribution in [0.15, 0.2) is 54.7 Å². The van der Waals surface area contributed by atoms with Crippen molar-refractivity contribution in [2.75, 3.05) is 17.0 Å². The highest BCUT2D eigenvalue weighted by molar-refractivity contribution is 7.93. The van der Waals surface area contributed by atoms with Crippen LogP contribution in [0.3, 0.4) is 0 Å². The molecule has 29 heavy (non-hydrogen) atoms. The van der Waals surface area contributed by atoms with Crippen LogP contribution in [-0.2, 0) is 21.2 Å². The molecule has 0 saturated carbocycles. The summed E-state index contributed by atoms with van der Waals surface area (Å²) in [6.07, 6.45) is 2.55. The van der Waals surface area contributed by atoms with Gasteiger partial charge in [-0.15, -0.1) is 0 Å². The maximum absolute atomic E-state index is 12.2. The quantitative estimate of drug-likeness (QED) is 0.500. The van der Waals surface area contributed by atoms with Crippen molar-refractivity contribution >= 4 is 32.5 Å². The maximum atomic E-state index is 12.2. The van der Waals surface area contributed by atoms with Crippen LogP contribution in [0.5, 0.6) is 5.75 Å². The van der Waals surface area contributed by atoms with Gasteiger partial charge in [0.15, 0.2) is 0 Å². The van der Waals surface area contributed by atoms with Crippen molar-refractivity contribution in [2.24, 2.45) is 0 Å². The zero-order chi connectivity index (χ0) is 20.9. The summed E-state index contributed by atoms with van der Waals surface area (Å²) in [6, 6.07) is 14.5. The van der Waals surface area contributed by atoms with Gasteiger partial charge in [-0.1, -0.05) is 18.2 Å². The number of hydrogen-bond acceptors (Lipinski definition) is 4. The standard InChI is InChI=1S/C21H25N3O4S/c1-15(2)28-18-9-7-17(8-10-18)24-29(26,27)14-21(25)22-12-11-16-13-23-20-6-4-3-5-19(16)20/h3-10,13,15,23-24H,11-12,14H2,1-2H3,(H,22,25). The average molecular weight is 416 g/mol. The Morgan fingerprint density at radius 1 is 1.10 bits per heavy atom. The van der Waals surface area contributed by atoms with E-state index in [1.807, 2.05) is 44.3 Å². The molecule has 0 radical (unpaired) electrons. The van der Waals surface area contributed by atoms with E-state index in [1.54, 1.807) is 24.3 Å². The van der Waals surface area contributed by atoms with Crippen molar-refractivity contribution in [1.29, 1.82) is 0 Å². The Morgan fingerprint density at radius 2 is 1.83 bits per heavy atom. The van der Waals surface area contributed by atoms with E-state index in [1.165, 1.54) is 0 Å². The van der Waals surface area contributed by atoms with Crippen LogP contribution < -0.4 is 14.8 Å². The van der Waals surface area contributed by atoms with Gasteiger partial charge in [0.2, 0.25) is 15.9 Å². The number of para-hydroxylation sites is 1. The Kier molecular flexibility index (Phi) is 6.43. The number of ether oxygens (including phenoxy) is 1.